The molecule has 0 spiro atoms. The third-order valence-corrected chi connectivity index (χ3v) is 6.00. The maximum Gasteiger partial charge on any atom is 0.249 e. The number of nitrogens with zero attached hydrogens (tertiary/aromatic N) is 5. The van der Waals surface area contributed by atoms with Gasteiger partial charge in [0, 0.05) is 30.1 Å². The molecule has 0 aliphatic rings. The number of benzene rings is 1. The average molecular weight is 469 g/mol. The van der Waals surface area contributed by atoms with Gasteiger partial charge in [-0.1, -0.05) is 38.1 Å². The smallest absolute Gasteiger partial charge is 0.249 e. The first-order valence-corrected chi connectivity index (χ1v) is 12.1. The number of aliphatic imine (C=N–C) groups is 1. The van der Waals surface area contributed by atoms with Crippen molar-refractivity contribution in [2.24, 2.45) is 16.6 Å². The fourth-order valence-electron chi connectivity index (χ4n) is 4.19. The zero-order chi connectivity index (χ0) is 24.9. The van der Waals surface area contributed by atoms with Crippen LogP contribution < -0.4 is 5.73 Å². The summed E-state index contributed by atoms with van der Waals surface area (Å²) in [5.74, 6) is 0.528. The number of fused-ring (bicyclic) bond motifs is 1. The van der Waals surface area contributed by atoms with Crippen LogP contribution in [0.2, 0.25) is 0 Å². The van der Waals surface area contributed by atoms with Gasteiger partial charge in [0.2, 0.25) is 11.9 Å². The van der Waals surface area contributed by atoms with E-state index in [-0.39, 0.29) is 5.91 Å². The molecule has 35 heavy (non-hydrogen) atoms. The molecule has 0 aliphatic heterocycles. The lowest BCUT2D eigenvalue weighted by Gasteiger charge is -2.11. The Morgan fingerprint density at radius 3 is 2.54 bits per heavy atom. The summed E-state index contributed by atoms with van der Waals surface area (Å²) in [6, 6.07) is 14.7. The lowest BCUT2D eigenvalue weighted by atomic mass is 9.97. The third kappa shape index (κ3) is 5.80. The zero-order valence-electron chi connectivity index (χ0n) is 20.8. The molecule has 7 heteroatoms. The maximum absolute atomic E-state index is 11.2. The first kappa shape index (κ1) is 24.3. The fraction of sp³-hybridized carbons (Fsp3) is 0.321. The lowest BCUT2D eigenvalue weighted by Crippen LogP contribution is -2.12. The molecule has 4 rings (SSSR count). The summed E-state index contributed by atoms with van der Waals surface area (Å²) in [6.07, 6.45) is 6.81. The number of imidazole rings is 1. The van der Waals surface area contributed by atoms with Crippen LogP contribution in [0.25, 0.3) is 28.3 Å². The summed E-state index contributed by atoms with van der Waals surface area (Å²) < 4.78 is 2.08. The predicted molar refractivity (Wildman–Crippen MR) is 141 cm³/mol. The lowest BCUT2D eigenvalue weighted by molar-refractivity contribution is -0.118. The number of rotatable bonds is 9. The summed E-state index contributed by atoms with van der Waals surface area (Å²) in [5.41, 5.74) is 13.1. The van der Waals surface area contributed by atoms with Gasteiger partial charge < -0.3 is 5.73 Å². The number of aryl methyl sites for hydroxylation is 1. The van der Waals surface area contributed by atoms with Crippen LogP contribution in [-0.4, -0.2) is 31.0 Å². The van der Waals surface area contributed by atoms with Gasteiger partial charge in [-0.2, -0.15) is 0 Å². The Hall–Kier alpha value is -3.87. The number of pyridine rings is 1. The van der Waals surface area contributed by atoms with E-state index in [1.807, 2.05) is 26.1 Å². The minimum atomic E-state index is -0.254. The quantitative estimate of drug-likeness (QED) is 0.324. The standard InChI is InChI=1S/C28H32N6O/c1-5-20-7-9-22(10-8-20)26-27(23-12-14-30-28(32-23)31-18(2)3)34-15-13-21(17-25(34)33-26)16-19(4)6-11-24(29)35/h7-10,12-15,17,19H,5-6,11,16H2,1-4H3,(H2,29,35). The highest BCUT2D eigenvalue weighted by Gasteiger charge is 2.18. The van der Waals surface area contributed by atoms with E-state index in [0.717, 1.165) is 53.3 Å². The van der Waals surface area contributed by atoms with Crippen molar-refractivity contribution < 1.29 is 4.79 Å². The number of nitrogens with two attached hydrogens (primary N) is 1. The number of hydrogen-bond acceptors (Lipinski definition) is 5. The average Bonchev–Trinajstić information content (AvgIpc) is 3.21. The number of primary amides is 1. The van der Waals surface area contributed by atoms with Crippen LogP contribution in [0, 0.1) is 5.92 Å². The van der Waals surface area contributed by atoms with Crippen LogP contribution >= 0.6 is 0 Å². The van der Waals surface area contributed by atoms with Crippen LogP contribution in [0.15, 0.2) is 59.9 Å². The Morgan fingerprint density at radius 1 is 1.09 bits per heavy atom. The van der Waals surface area contributed by atoms with Gasteiger partial charge >= 0.3 is 0 Å². The van der Waals surface area contributed by atoms with E-state index < -0.39 is 0 Å². The number of aromatic nitrogens is 4. The SMILES string of the molecule is CCc1ccc(-c2nc3cc(CC(C)CCC(N)=O)ccn3c2-c2ccnc(N=C(C)C)n2)cc1. The van der Waals surface area contributed by atoms with Gasteiger partial charge in [-0.15, -0.1) is 0 Å². The van der Waals surface area contributed by atoms with Gasteiger partial charge in [-0.3, -0.25) is 9.20 Å². The summed E-state index contributed by atoms with van der Waals surface area (Å²) in [4.78, 5) is 29.7. The maximum atomic E-state index is 11.2. The van der Waals surface area contributed by atoms with Crippen LogP contribution in [0.1, 0.15) is 51.7 Å². The number of amides is 1. The second kappa shape index (κ2) is 10.6. The molecule has 3 heterocycles. The number of hydrogen-bond donors (Lipinski definition) is 1. The van der Waals surface area contributed by atoms with E-state index in [0.29, 0.717) is 18.3 Å². The number of carbonyl (C=O) groups is 1. The van der Waals surface area contributed by atoms with Crippen molar-refractivity contribution in [3.05, 3.63) is 66.0 Å². The van der Waals surface area contributed by atoms with Crippen LogP contribution in [0.5, 0.6) is 0 Å². The van der Waals surface area contributed by atoms with E-state index in [4.69, 9.17) is 15.7 Å². The summed E-state index contributed by atoms with van der Waals surface area (Å²) in [5, 5.41) is 0. The largest absolute Gasteiger partial charge is 0.370 e. The summed E-state index contributed by atoms with van der Waals surface area (Å²) in [6.45, 7) is 8.15. The normalized spacial score (nSPS) is 12.0. The minimum Gasteiger partial charge on any atom is -0.370 e. The molecule has 1 unspecified atom stereocenters. The van der Waals surface area contributed by atoms with Crippen LogP contribution in [0.4, 0.5) is 5.95 Å². The second-order valence-electron chi connectivity index (χ2n) is 9.24. The van der Waals surface area contributed by atoms with Crippen molar-refractivity contribution in [2.45, 2.75) is 53.4 Å². The first-order valence-electron chi connectivity index (χ1n) is 12.1. The van der Waals surface area contributed by atoms with Crippen molar-refractivity contribution in [3.63, 3.8) is 0 Å². The van der Waals surface area contributed by atoms with Gasteiger partial charge in [0.25, 0.3) is 0 Å². The van der Waals surface area contributed by atoms with Crippen molar-refractivity contribution in [3.8, 4) is 22.6 Å². The molecule has 1 atom stereocenters. The van der Waals surface area contributed by atoms with E-state index in [9.17, 15) is 4.79 Å². The zero-order valence-corrected chi connectivity index (χ0v) is 20.8. The van der Waals surface area contributed by atoms with E-state index in [1.54, 1.807) is 6.20 Å². The molecule has 4 aromatic rings. The van der Waals surface area contributed by atoms with E-state index in [1.165, 1.54) is 11.1 Å². The fourth-order valence-corrected chi connectivity index (χ4v) is 4.19. The molecule has 0 saturated heterocycles. The Kier molecular flexibility index (Phi) is 7.34. The molecule has 1 aromatic carbocycles. The summed E-state index contributed by atoms with van der Waals surface area (Å²) in [7, 11) is 0. The van der Waals surface area contributed by atoms with Crippen LogP contribution in [-0.2, 0) is 17.6 Å². The monoisotopic (exact) mass is 468 g/mol. The van der Waals surface area contributed by atoms with Gasteiger partial charge in [0.1, 0.15) is 5.65 Å². The van der Waals surface area contributed by atoms with Gasteiger partial charge in [0.15, 0.2) is 0 Å². The molecule has 0 bridgehead atoms. The molecule has 180 valence electrons. The van der Waals surface area contributed by atoms with Crippen molar-refractivity contribution in [1.82, 2.24) is 19.4 Å². The number of carbonyl (C=O) groups excluding carboxylic acids is 1. The molecule has 1 amide bonds. The highest BCUT2D eigenvalue weighted by Crippen LogP contribution is 2.33. The summed E-state index contributed by atoms with van der Waals surface area (Å²) >= 11 is 0. The van der Waals surface area contributed by atoms with E-state index in [2.05, 4.69) is 64.6 Å². The molecule has 0 saturated carbocycles. The van der Waals surface area contributed by atoms with Crippen LogP contribution in [0.3, 0.4) is 0 Å². The Morgan fingerprint density at radius 2 is 1.86 bits per heavy atom. The molecule has 0 aliphatic carbocycles. The first-order chi connectivity index (χ1) is 16.8. The Balaban J connectivity index is 1.81. The molecular formula is C28H32N6O. The molecule has 0 radical (unpaired) electrons. The van der Waals surface area contributed by atoms with Gasteiger partial charge in [-0.05, 0) is 68.4 Å². The minimum absolute atomic E-state index is 0.254. The topological polar surface area (TPSA) is 98.5 Å². The van der Waals surface area contributed by atoms with E-state index >= 15 is 0 Å². The third-order valence-electron chi connectivity index (χ3n) is 6.00. The second-order valence-corrected chi connectivity index (χ2v) is 9.24. The Labute approximate surface area is 206 Å². The molecule has 2 N–H and O–H groups in total. The van der Waals surface area contributed by atoms with Gasteiger partial charge in [-0.25, -0.2) is 19.9 Å². The molecular weight excluding hydrogens is 436 g/mol. The molecule has 7 nitrogen and oxygen atoms in total. The van der Waals surface area contributed by atoms with Gasteiger partial charge in [0.05, 0.1) is 17.1 Å². The molecule has 3 aromatic heterocycles. The predicted octanol–water partition coefficient (Wildman–Crippen LogP) is 5.58. The Bertz CT molecular complexity index is 1370. The van der Waals surface area contributed by atoms with Crippen molar-refractivity contribution in [1.29, 1.82) is 0 Å². The van der Waals surface area contributed by atoms with Crippen molar-refractivity contribution >= 4 is 23.2 Å². The highest BCUT2D eigenvalue weighted by molar-refractivity contribution is 5.82. The molecule has 0 fully saturated rings. The highest BCUT2D eigenvalue weighted by atomic mass is 16.1. The van der Waals surface area contributed by atoms with Crippen molar-refractivity contribution in [2.75, 3.05) is 0 Å².